The first-order chi connectivity index (χ1) is 8.72. The third-order valence-electron chi connectivity index (χ3n) is 3.99. The zero-order valence-corrected chi connectivity index (χ0v) is 12.0. The van der Waals surface area contributed by atoms with Gasteiger partial charge in [0, 0.05) is 25.7 Å². The normalized spacial score (nSPS) is 19.5. The van der Waals surface area contributed by atoms with E-state index in [9.17, 15) is 0 Å². The fraction of sp³-hybridized carbons (Fsp3) is 0.625. The van der Waals surface area contributed by atoms with Gasteiger partial charge >= 0.3 is 0 Å². The molecule has 1 N–H and O–H groups in total. The fourth-order valence-corrected chi connectivity index (χ4v) is 3.05. The first-order valence-electron chi connectivity index (χ1n) is 7.24. The van der Waals surface area contributed by atoms with E-state index in [-0.39, 0.29) is 0 Å². The Morgan fingerprint density at radius 1 is 1.22 bits per heavy atom. The van der Waals surface area contributed by atoms with E-state index in [2.05, 4.69) is 49.2 Å². The molecule has 1 saturated heterocycles. The van der Waals surface area contributed by atoms with Crippen molar-refractivity contribution in [1.82, 2.24) is 10.2 Å². The van der Waals surface area contributed by atoms with Gasteiger partial charge in [-0.2, -0.15) is 0 Å². The molecular weight excluding hydrogens is 220 g/mol. The molecule has 0 aliphatic carbocycles. The van der Waals surface area contributed by atoms with Crippen molar-refractivity contribution in [3.63, 3.8) is 0 Å². The number of aryl methyl sites for hydroxylation is 2. The van der Waals surface area contributed by atoms with Crippen LogP contribution >= 0.6 is 0 Å². The van der Waals surface area contributed by atoms with Crippen molar-refractivity contribution >= 4 is 0 Å². The van der Waals surface area contributed by atoms with Crippen LogP contribution < -0.4 is 5.32 Å². The van der Waals surface area contributed by atoms with Gasteiger partial charge in [-0.15, -0.1) is 0 Å². The molecule has 18 heavy (non-hydrogen) atoms. The lowest BCUT2D eigenvalue weighted by molar-refractivity contribution is 0.204. The van der Waals surface area contributed by atoms with E-state index in [4.69, 9.17) is 0 Å². The molecule has 1 aliphatic rings. The second-order valence-corrected chi connectivity index (χ2v) is 5.42. The van der Waals surface area contributed by atoms with Gasteiger partial charge < -0.3 is 5.32 Å². The molecule has 1 atom stereocenters. The predicted octanol–water partition coefficient (Wildman–Crippen LogP) is 3.05. The van der Waals surface area contributed by atoms with Crippen LogP contribution in [0.2, 0.25) is 0 Å². The van der Waals surface area contributed by atoms with Crippen molar-refractivity contribution in [2.75, 3.05) is 26.2 Å². The van der Waals surface area contributed by atoms with Gasteiger partial charge in [-0.25, -0.2) is 0 Å². The average Bonchev–Trinajstić information content (AvgIpc) is 2.62. The molecule has 1 aromatic carbocycles. The topological polar surface area (TPSA) is 15.3 Å². The largest absolute Gasteiger partial charge is 0.315 e. The maximum absolute atomic E-state index is 3.49. The molecule has 1 aromatic rings. The van der Waals surface area contributed by atoms with Crippen LogP contribution in [0.15, 0.2) is 18.2 Å². The van der Waals surface area contributed by atoms with Crippen LogP contribution in [0.3, 0.4) is 0 Å². The van der Waals surface area contributed by atoms with Gasteiger partial charge in [-0.1, -0.05) is 30.7 Å². The van der Waals surface area contributed by atoms with Crippen molar-refractivity contribution in [3.8, 4) is 0 Å². The lowest BCUT2D eigenvalue weighted by Crippen LogP contribution is -2.32. The lowest BCUT2D eigenvalue weighted by atomic mass is 9.96. The highest BCUT2D eigenvalue weighted by atomic mass is 15.2. The summed E-state index contributed by atoms with van der Waals surface area (Å²) in [4.78, 5) is 2.65. The second-order valence-electron chi connectivity index (χ2n) is 5.42. The Labute approximate surface area is 111 Å². The van der Waals surface area contributed by atoms with Crippen LogP contribution in [0.1, 0.15) is 42.5 Å². The molecule has 0 spiro atoms. The highest BCUT2D eigenvalue weighted by Crippen LogP contribution is 2.27. The summed E-state index contributed by atoms with van der Waals surface area (Å²) in [7, 11) is 0. The van der Waals surface area contributed by atoms with Crippen molar-refractivity contribution < 1.29 is 0 Å². The van der Waals surface area contributed by atoms with E-state index in [1.165, 1.54) is 49.2 Å². The van der Waals surface area contributed by atoms with E-state index in [0.717, 1.165) is 6.54 Å². The molecule has 2 nitrogen and oxygen atoms in total. The molecule has 0 aromatic heterocycles. The van der Waals surface area contributed by atoms with Gasteiger partial charge in [0.15, 0.2) is 0 Å². The van der Waals surface area contributed by atoms with E-state index >= 15 is 0 Å². The summed E-state index contributed by atoms with van der Waals surface area (Å²) in [5.41, 5.74) is 4.33. The highest BCUT2D eigenvalue weighted by molar-refractivity contribution is 5.32. The molecule has 2 rings (SSSR count). The first kappa shape index (κ1) is 13.6. The summed E-state index contributed by atoms with van der Waals surface area (Å²) >= 11 is 0. The fourth-order valence-electron chi connectivity index (χ4n) is 3.05. The molecule has 0 bridgehead atoms. The molecule has 0 radical (unpaired) electrons. The van der Waals surface area contributed by atoms with E-state index in [0.29, 0.717) is 6.04 Å². The summed E-state index contributed by atoms with van der Waals surface area (Å²) in [6, 6.07) is 7.48. The summed E-state index contributed by atoms with van der Waals surface area (Å²) in [5, 5.41) is 3.49. The third kappa shape index (κ3) is 3.12. The van der Waals surface area contributed by atoms with Gasteiger partial charge in [0.05, 0.1) is 0 Å². The number of nitrogens with zero attached hydrogens (tertiary/aromatic N) is 1. The Bertz CT molecular complexity index is 379. The van der Waals surface area contributed by atoms with E-state index in [1.807, 2.05) is 0 Å². The van der Waals surface area contributed by atoms with Crippen molar-refractivity contribution in [2.45, 2.75) is 39.7 Å². The van der Waals surface area contributed by atoms with Crippen molar-refractivity contribution in [1.29, 1.82) is 0 Å². The Kier molecular flexibility index (Phi) is 4.79. The molecule has 0 amide bonds. The maximum Gasteiger partial charge on any atom is 0.0348 e. The predicted molar refractivity (Wildman–Crippen MR) is 78.0 cm³/mol. The van der Waals surface area contributed by atoms with Gasteiger partial charge in [0.1, 0.15) is 0 Å². The number of benzene rings is 1. The molecule has 100 valence electrons. The standard InChI is InChI=1S/C16H26N2/c1-4-16(18-10-5-8-17-9-11-18)15-7-6-13(2)12-14(15)3/h6-7,12,16-17H,4-5,8-11H2,1-3H3. The minimum atomic E-state index is 0.588. The smallest absolute Gasteiger partial charge is 0.0348 e. The van der Waals surface area contributed by atoms with Gasteiger partial charge in [0.2, 0.25) is 0 Å². The monoisotopic (exact) mass is 246 g/mol. The number of hydrogen-bond acceptors (Lipinski definition) is 2. The van der Waals surface area contributed by atoms with Crippen LogP contribution in [0, 0.1) is 13.8 Å². The van der Waals surface area contributed by atoms with Crippen LogP contribution in [0.5, 0.6) is 0 Å². The molecule has 1 heterocycles. The van der Waals surface area contributed by atoms with Crippen molar-refractivity contribution in [3.05, 3.63) is 34.9 Å². The minimum Gasteiger partial charge on any atom is -0.315 e. The average molecular weight is 246 g/mol. The minimum absolute atomic E-state index is 0.588. The van der Waals surface area contributed by atoms with Crippen LogP contribution in [0.25, 0.3) is 0 Å². The zero-order valence-electron chi connectivity index (χ0n) is 12.0. The zero-order chi connectivity index (χ0) is 13.0. The van der Waals surface area contributed by atoms with Gasteiger partial charge in [-0.3, -0.25) is 4.90 Å². The number of nitrogens with one attached hydrogen (secondary N) is 1. The Morgan fingerprint density at radius 3 is 2.78 bits per heavy atom. The van der Waals surface area contributed by atoms with Gasteiger partial charge in [0.25, 0.3) is 0 Å². The summed E-state index contributed by atoms with van der Waals surface area (Å²) in [5.74, 6) is 0. The molecule has 1 aliphatic heterocycles. The van der Waals surface area contributed by atoms with E-state index in [1.54, 1.807) is 0 Å². The molecule has 1 fully saturated rings. The summed E-state index contributed by atoms with van der Waals surface area (Å²) < 4.78 is 0. The Morgan fingerprint density at radius 2 is 2.06 bits per heavy atom. The summed E-state index contributed by atoms with van der Waals surface area (Å²) in [6.07, 6.45) is 2.46. The van der Waals surface area contributed by atoms with Crippen LogP contribution in [-0.4, -0.2) is 31.1 Å². The van der Waals surface area contributed by atoms with Crippen molar-refractivity contribution in [2.24, 2.45) is 0 Å². The molecular formula is C16H26N2. The Balaban J connectivity index is 2.20. The van der Waals surface area contributed by atoms with Crippen LogP contribution in [-0.2, 0) is 0 Å². The highest BCUT2D eigenvalue weighted by Gasteiger charge is 2.20. The molecule has 0 saturated carbocycles. The van der Waals surface area contributed by atoms with E-state index < -0.39 is 0 Å². The Hall–Kier alpha value is -0.860. The molecule has 1 unspecified atom stereocenters. The molecule has 2 heteroatoms. The summed E-state index contributed by atoms with van der Waals surface area (Å²) in [6.45, 7) is 11.4. The first-order valence-corrected chi connectivity index (χ1v) is 7.24. The SMILES string of the molecule is CCC(c1ccc(C)cc1C)N1CCCNCC1. The number of hydrogen-bond donors (Lipinski definition) is 1. The van der Waals surface area contributed by atoms with Gasteiger partial charge in [-0.05, 0) is 44.4 Å². The third-order valence-corrected chi connectivity index (χ3v) is 3.99. The number of rotatable bonds is 3. The quantitative estimate of drug-likeness (QED) is 0.882. The van der Waals surface area contributed by atoms with Crippen LogP contribution in [0.4, 0.5) is 0 Å². The second kappa shape index (κ2) is 6.35. The maximum atomic E-state index is 3.49. The lowest BCUT2D eigenvalue weighted by Gasteiger charge is -2.31.